The molecule has 5 rings (SSSR count). The van der Waals surface area contributed by atoms with E-state index in [1.807, 2.05) is 54.6 Å². The van der Waals surface area contributed by atoms with Crippen LogP contribution >= 0.6 is 23.2 Å². The van der Waals surface area contributed by atoms with Crippen molar-refractivity contribution in [2.45, 2.75) is 24.8 Å². The van der Waals surface area contributed by atoms with Crippen LogP contribution in [0.4, 0.5) is 11.4 Å². The summed E-state index contributed by atoms with van der Waals surface area (Å²) in [6.45, 7) is 0. The average molecular weight is 465 g/mol. The Bertz CT molecular complexity index is 1240. The first-order chi connectivity index (χ1) is 15.5. The molecule has 4 nitrogen and oxygen atoms in total. The van der Waals surface area contributed by atoms with Gasteiger partial charge in [0.25, 0.3) is 0 Å². The molecular weight excluding hydrogens is 443 g/mol. The summed E-state index contributed by atoms with van der Waals surface area (Å²) in [5.74, 6) is 0.982. The Morgan fingerprint density at radius 3 is 2.47 bits per heavy atom. The molecule has 0 amide bonds. The van der Waals surface area contributed by atoms with Crippen molar-refractivity contribution in [3.05, 3.63) is 99.2 Å². The van der Waals surface area contributed by atoms with E-state index in [-0.39, 0.29) is 17.7 Å². The van der Waals surface area contributed by atoms with Crippen LogP contribution in [-0.2, 0) is 4.79 Å². The topological polar surface area (TPSA) is 50.4 Å². The lowest BCUT2D eigenvalue weighted by Gasteiger charge is -2.30. The zero-order valence-electron chi connectivity index (χ0n) is 17.5. The molecular formula is C26H22Cl2N2O2. The van der Waals surface area contributed by atoms with Crippen molar-refractivity contribution in [3.8, 4) is 5.75 Å². The number of halogens is 2. The van der Waals surface area contributed by atoms with Crippen LogP contribution in [0.25, 0.3) is 0 Å². The Balaban J connectivity index is 1.60. The van der Waals surface area contributed by atoms with Gasteiger partial charge in [0.2, 0.25) is 0 Å². The van der Waals surface area contributed by atoms with Gasteiger partial charge >= 0.3 is 0 Å². The summed E-state index contributed by atoms with van der Waals surface area (Å²) in [4.78, 5) is 13.6. The van der Waals surface area contributed by atoms with Gasteiger partial charge in [-0.15, -0.1) is 0 Å². The molecule has 2 unspecified atom stereocenters. The molecule has 0 spiro atoms. The first-order valence-corrected chi connectivity index (χ1v) is 11.3. The standard InChI is InChI=1S/C26H22Cl2N2O2/c1-32-18-6-4-5-15(11-18)17-13-23-25(24(31)14-17)26(16-9-10-19(27)20(28)12-16)30-22-8-3-2-7-21(22)29-23/h2-12,17,26,29-30H,13-14H2,1H3. The van der Waals surface area contributed by atoms with Gasteiger partial charge in [-0.2, -0.15) is 0 Å². The van der Waals surface area contributed by atoms with Gasteiger partial charge in [-0.05, 0) is 59.9 Å². The summed E-state index contributed by atoms with van der Waals surface area (Å²) in [5, 5.41) is 8.07. The fraction of sp³-hybridized carbons (Fsp3) is 0.192. The van der Waals surface area contributed by atoms with E-state index in [2.05, 4.69) is 16.7 Å². The second-order valence-electron chi connectivity index (χ2n) is 8.12. The number of Topliss-reactive ketones (excluding diaryl/α,β-unsaturated/α-hetero) is 1. The number of allylic oxidation sites excluding steroid dienone is 1. The zero-order chi connectivity index (χ0) is 22.2. The van der Waals surface area contributed by atoms with Crippen molar-refractivity contribution >= 4 is 40.4 Å². The Morgan fingerprint density at radius 2 is 1.69 bits per heavy atom. The smallest absolute Gasteiger partial charge is 0.163 e. The van der Waals surface area contributed by atoms with Crippen LogP contribution in [0, 0.1) is 0 Å². The van der Waals surface area contributed by atoms with Gasteiger partial charge in [0.1, 0.15) is 5.75 Å². The molecule has 1 aliphatic heterocycles. The number of para-hydroxylation sites is 2. The number of anilines is 2. The third kappa shape index (κ3) is 3.85. The van der Waals surface area contributed by atoms with Crippen LogP contribution in [-0.4, -0.2) is 12.9 Å². The molecule has 2 aliphatic rings. The molecule has 0 fully saturated rings. The molecule has 0 saturated heterocycles. The van der Waals surface area contributed by atoms with E-state index in [0.717, 1.165) is 45.9 Å². The van der Waals surface area contributed by atoms with Gasteiger partial charge < -0.3 is 15.4 Å². The predicted octanol–water partition coefficient (Wildman–Crippen LogP) is 6.98. The number of methoxy groups -OCH3 is 1. The molecule has 3 aromatic carbocycles. The molecule has 6 heteroatoms. The molecule has 1 heterocycles. The number of rotatable bonds is 3. The summed E-state index contributed by atoms with van der Waals surface area (Å²) in [7, 11) is 1.66. The number of benzene rings is 3. The fourth-order valence-corrected chi connectivity index (χ4v) is 4.87. The maximum Gasteiger partial charge on any atom is 0.163 e. The number of hydrogen-bond acceptors (Lipinski definition) is 4. The number of nitrogens with one attached hydrogen (secondary N) is 2. The van der Waals surface area contributed by atoms with Gasteiger partial charge in [-0.25, -0.2) is 0 Å². The normalized spacial score (nSPS) is 19.9. The first-order valence-electron chi connectivity index (χ1n) is 10.5. The lowest BCUT2D eigenvalue weighted by Crippen LogP contribution is -2.26. The summed E-state index contributed by atoms with van der Waals surface area (Å²) in [6, 6.07) is 21.2. The van der Waals surface area contributed by atoms with Crippen LogP contribution in [0.5, 0.6) is 5.75 Å². The molecule has 2 N–H and O–H groups in total. The molecule has 0 saturated carbocycles. The molecule has 1 aliphatic carbocycles. The van der Waals surface area contributed by atoms with E-state index in [0.29, 0.717) is 16.5 Å². The Labute approximate surface area is 197 Å². The van der Waals surface area contributed by atoms with Crippen molar-refractivity contribution in [3.63, 3.8) is 0 Å². The first kappa shape index (κ1) is 20.9. The molecule has 3 aromatic rings. The highest BCUT2D eigenvalue weighted by Crippen LogP contribution is 2.45. The minimum atomic E-state index is -0.324. The molecule has 0 radical (unpaired) electrons. The quantitative estimate of drug-likeness (QED) is 0.438. The summed E-state index contributed by atoms with van der Waals surface area (Å²) < 4.78 is 5.40. The SMILES string of the molecule is COc1cccc(C2CC(=O)C3=C(C2)Nc2ccccc2NC3c2ccc(Cl)c(Cl)c2)c1. The molecule has 162 valence electrons. The summed E-state index contributed by atoms with van der Waals surface area (Å²) >= 11 is 12.5. The second kappa shape index (κ2) is 8.53. The Kier molecular flexibility index (Phi) is 5.58. The lowest BCUT2D eigenvalue weighted by atomic mass is 9.78. The minimum Gasteiger partial charge on any atom is -0.497 e. The summed E-state index contributed by atoms with van der Waals surface area (Å²) in [5.41, 5.74) is 5.56. The number of fused-ring (bicyclic) bond motifs is 1. The van der Waals surface area contributed by atoms with Crippen molar-refractivity contribution < 1.29 is 9.53 Å². The van der Waals surface area contributed by atoms with E-state index >= 15 is 0 Å². The Morgan fingerprint density at radius 1 is 0.875 bits per heavy atom. The van der Waals surface area contributed by atoms with Gasteiger partial charge in [-0.3, -0.25) is 4.79 Å². The maximum atomic E-state index is 13.6. The van der Waals surface area contributed by atoms with Crippen molar-refractivity contribution in [2.24, 2.45) is 0 Å². The number of carbonyl (C=O) groups excluding carboxylic acids is 1. The fourth-order valence-electron chi connectivity index (χ4n) is 4.57. The monoisotopic (exact) mass is 464 g/mol. The minimum absolute atomic E-state index is 0.0727. The maximum absolute atomic E-state index is 13.6. The average Bonchev–Trinajstić information content (AvgIpc) is 2.98. The Hall–Kier alpha value is -2.95. The number of ether oxygens (including phenoxy) is 1. The van der Waals surface area contributed by atoms with E-state index in [1.54, 1.807) is 13.2 Å². The third-order valence-corrected chi connectivity index (χ3v) is 6.89. The van der Waals surface area contributed by atoms with Crippen LogP contribution in [0.3, 0.4) is 0 Å². The van der Waals surface area contributed by atoms with E-state index in [9.17, 15) is 4.79 Å². The number of ketones is 1. The van der Waals surface area contributed by atoms with Crippen LogP contribution < -0.4 is 15.4 Å². The zero-order valence-corrected chi connectivity index (χ0v) is 19.0. The highest BCUT2D eigenvalue weighted by atomic mass is 35.5. The van der Waals surface area contributed by atoms with E-state index < -0.39 is 0 Å². The summed E-state index contributed by atoms with van der Waals surface area (Å²) in [6.07, 6.45) is 1.16. The van der Waals surface area contributed by atoms with Gasteiger partial charge in [0.15, 0.2) is 5.78 Å². The van der Waals surface area contributed by atoms with Crippen molar-refractivity contribution in [2.75, 3.05) is 17.7 Å². The predicted molar refractivity (Wildman–Crippen MR) is 130 cm³/mol. The lowest BCUT2D eigenvalue weighted by molar-refractivity contribution is -0.116. The van der Waals surface area contributed by atoms with Gasteiger partial charge in [0.05, 0.1) is 34.6 Å². The van der Waals surface area contributed by atoms with Crippen LogP contribution in [0.1, 0.15) is 35.9 Å². The molecule has 32 heavy (non-hydrogen) atoms. The van der Waals surface area contributed by atoms with Crippen LogP contribution in [0.15, 0.2) is 78.0 Å². The molecule has 0 bridgehead atoms. The molecule has 2 atom stereocenters. The van der Waals surface area contributed by atoms with Crippen molar-refractivity contribution in [1.29, 1.82) is 0 Å². The molecule has 0 aromatic heterocycles. The third-order valence-electron chi connectivity index (χ3n) is 6.15. The van der Waals surface area contributed by atoms with E-state index in [1.165, 1.54) is 0 Å². The largest absolute Gasteiger partial charge is 0.497 e. The highest BCUT2D eigenvalue weighted by Gasteiger charge is 2.36. The van der Waals surface area contributed by atoms with Gasteiger partial charge in [0, 0.05) is 17.7 Å². The number of carbonyl (C=O) groups is 1. The van der Waals surface area contributed by atoms with Gasteiger partial charge in [-0.1, -0.05) is 53.5 Å². The van der Waals surface area contributed by atoms with E-state index in [4.69, 9.17) is 27.9 Å². The highest BCUT2D eigenvalue weighted by molar-refractivity contribution is 6.42. The van der Waals surface area contributed by atoms with Crippen molar-refractivity contribution in [1.82, 2.24) is 0 Å². The van der Waals surface area contributed by atoms with Crippen LogP contribution in [0.2, 0.25) is 10.0 Å². The number of hydrogen-bond donors (Lipinski definition) is 2. The second-order valence-corrected chi connectivity index (χ2v) is 8.93.